The lowest BCUT2D eigenvalue weighted by Crippen LogP contribution is -2.57. The second-order valence-electron chi connectivity index (χ2n) is 13.0. The van der Waals surface area contributed by atoms with E-state index in [1.165, 1.54) is 72.3 Å². The van der Waals surface area contributed by atoms with Crippen LogP contribution in [0.25, 0.3) is 44.5 Å². The van der Waals surface area contributed by atoms with E-state index in [2.05, 4.69) is 211 Å². The third-order valence-electron chi connectivity index (χ3n) is 9.87. The minimum atomic E-state index is 0.0516. The first kappa shape index (κ1) is 29.7. The van der Waals surface area contributed by atoms with Gasteiger partial charge in [-0.25, -0.2) is 0 Å². The lowest BCUT2D eigenvalue weighted by Gasteiger charge is -2.37. The van der Waals surface area contributed by atoms with Gasteiger partial charge in [0, 0.05) is 17.1 Å². The molecule has 1 heterocycles. The van der Waals surface area contributed by atoms with Crippen LogP contribution in [-0.4, -0.2) is 6.71 Å². The molecular formula is C48H34BN. The molecule has 0 radical (unpaired) electrons. The van der Waals surface area contributed by atoms with Crippen molar-refractivity contribution < 1.29 is 0 Å². The Morgan fingerprint density at radius 1 is 0.280 bits per heavy atom. The van der Waals surface area contributed by atoms with Crippen LogP contribution in [0.3, 0.4) is 0 Å². The standard InChI is InChI=1S/C48H34BN/c1-5-17-35(18-6-1)39-29-40(36-19-7-2-8-20-36)32-43(31-39)49-45-25-13-15-27-47(45)50(48-28-16-14-26-46(48)49)44-33-41(37-21-9-3-10-22-37)30-42(34-44)38-23-11-4-12-24-38/h1-34H. The number of anilines is 3. The molecule has 0 N–H and O–H groups in total. The molecule has 0 atom stereocenters. The van der Waals surface area contributed by atoms with Crippen LogP contribution in [0.4, 0.5) is 17.1 Å². The highest BCUT2D eigenvalue weighted by molar-refractivity contribution is 6.98. The molecule has 8 aromatic rings. The summed E-state index contributed by atoms with van der Waals surface area (Å²) in [5.74, 6) is 0. The Hall–Kier alpha value is -6.38. The molecule has 0 saturated carbocycles. The summed E-state index contributed by atoms with van der Waals surface area (Å²) in [4.78, 5) is 2.47. The van der Waals surface area contributed by atoms with Gasteiger partial charge in [-0.05, 0) is 91.8 Å². The minimum Gasteiger partial charge on any atom is -0.311 e. The van der Waals surface area contributed by atoms with Crippen molar-refractivity contribution in [3.05, 3.63) is 206 Å². The average Bonchev–Trinajstić information content (AvgIpc) is 3.21. The summed E-state index contributed by atoms with van der Waals surface area (Å²) in [5.41, 5.74) is 17.1. The zero-order valence-electron chi connectivity index (χ0n) is 27.7. The number of nitrogens with zero attached hydrogens (tertiary/aromatic N) is 1. The van der Waals surface area contributed by atoms with Gasteiger partial charge in [-0.3, -0.25) is 0 Å². The van der Waals surface area contributed by atoms with E-state index in [-0.39, 0.29) is 6.71 Å². The van der Waals surface area contributed by atoms with Crippen LogP contribution in [0, 0.1) is 0 Å². The zero-order chi connectivity index (χ0) is 33.3. The molecule has 1 aliphatic heterocycles. The van der Waals surface area contributed by atoms with Crippen molar-refractivity contribution >= 4 is 40.2 Å². The van der Waals surface area contributed by atoms with Crippen molar-refractivity contribution in [1.82, 2.24) is 0 Å². The molecule has 1 aliphatic rings. The van der Waals surface area contributed by atoms with Crippen LogP contribution in [0.1, 0.15) is 0 Å². The van der Waals surface area contributed by atoms with E-state index in [1.54, 1.807) is 0 Å². The molecule has 0 aromatic heterocycles. The van der Waals surface area contributed by atoms with Crippen molar-refractivity contribution in [2.24, 2.45) is 0 Å². The SMILES string of the molecule is c1ccc(-c2cc(B3c4ccccc4N(c4cc(-c5ccccc5)cc(-c5ccccc5)c4)c4ccccc43)cc(-c3ccccc3)c2)cc1. The van der Waals surface area contributed by atoms with Gasteiger partial charge < -0.3 is 4.90 Å². The van der Waals surface area contributed by atoms with Gasteiger partial charge in [-0.1, -0.05) is 175 Å². The quantitative estimate of drug-likeness (QED) is 0.164. The fourth-order valence-corrected chi connectivity index (χ4v) is 7.55. The summed E-state index contributed by atoms with van der Waals surface area (Å²) in [5, 5.41) is 0. The Morgan fingerprint density at radius 3 is 0.980 bits per heavy atom. The molecule has 50 heavy (non-hydrogen) atoms. The highest BCUT2D eigenvalue weighted by atomic mass is 15.1. The van der Waals surface area contributed by atoms with Crippen LogP contribution in [-0.2, 0) is 0 Å². The summed E-state index contributed by atoms with van der Waals surface area (Å²) in [6.45, 7) is 0.0516. The van der Waals surface area contributed by atoms with Crippen LogP contribution in [0.15, 0.2) is 206 Å². The highest BCUT2D eigenvalue weighted by Gasteiger charge is 2.35. The number of rotatable bonds is 6. The van der Waals surface area contributed by atoms with Gasteiger partial charge in [0.2, 0.25) is 6.71 Å². The molecule has 0 unspecified atom stereocenters. The molecule has 0 bridgehead atoms. The van der Waals surface area contributed by atoms with E-state index in [0.29, 0.717) is 0 Å². The number of hydrogen-bond donors (Lipinski definition) is 0. The molecule has 9 rings (SSSR count). The van der Waals surface area contributed by atoms with Gasteiger partial charge in [0.25, 0.3) is 0 Å². The van der Waals surface area contributed by atoms with Crippen LogP contribution in [0.2, 0.25) is 0 Å². The highest BCUT2D eigenvalue weighted by Crippen LogP contribution is 2.40. The third kappa shape index (κ3) is 5.51. The second kappa shape index (κ2) is 12.9. The summed E-state index contributed by atoms with van der Waals surface area (Å²) < 4.78 is 0. The summed E-state index contributed by atoms with van der Waals surface area (Å²) in [6.07, 6.45) is 0. The Balaban J connectivity index is 1.26. The van der Waals surface area contributed by atoms with Gasteiger partial charge in [0.15, 0.2) is 0 Å². The first-order valence-electron chi connectivity index (χ1n) is 17.3. The third-order valence-corrected chi connectivity index (χ3v) is 9.87. The van der Waals surface area contributed by atoms with Gasteiger partial charge in [-0.2, -0.15) is 0 Å². The van der Waals surface area contributed by atoms with E-state index < -0.39 is 0 Å². The van der Waals surface area contributed by atoms with E-state index in [9.17, 15) is 0 Å². The zero-order valence-corrected chi connectivity index (χ0v) is 27.7. The van der Waals surface area contributed by atoms with Crippen molar-refractivity contribution in [1.29, 1.82) is 0 Å². The molecule has 0 saturated heterocycles. The maximum absolute atomic E-state index is 2.47. The van der Waals surface area contributed by atoms with Crippen LogP contribution < -0.4 is 21.3 Å². The lowest BCUT2D eigenvalue weighted by atomic mass is 9.35. The molecule has 0 amide bonds. The predicted molar refractivity (Wildman–Crippen MR) is 214 cm³/mol. The molecule has 234 valence electrons. The predicted octanol–water partition coefficient (Wildman–Crippen LogP) is 10.7. The topological polar surface area (TPSA) is 3.24 Å². The van der Waals surface area contributed by atoms with E-state index in [0.717, 1.165) is 5.69 Å². The van der Waals surface area contributed by atoms with E-state index >= 15 is 0 Å². The summed E-state index contributed by atoms with van der Waals surface area (Å²) in [7, 11) is 0. The Bertz CT molecular complexity index is 2090. The Kier molecular flexibility index (Phi) is 7.68. The van der Waals surface area contributed by atoms with Crippen molar-refractivity contribution in [2.75, 3.05) is 4.90 Å². The monoisotopic (exact) mass is 635 g/mol. The fraction of sp³-hybridized carbons (Fsp3) is 0. The van der Waals surface area contributed by atoms with Gasteiger partial charge >= 0.3 is 0 Å². The molecule has 0 aliphatic carbocycles. The number of fused-ring (bicyclic) bond motifs is 2. The van der Waals surface area contributed by atoms with Crippen LogP contribution in [0.5, 0.6) is 0 Å². The summed E-state index contributed by atoms with van der Waals surface area (Å²) in [6, 6.07) is 75.0. The minimum absolute atomic E-state index is 0.0516. The van der Waals surface area contributed by atoms with Crippen molar-refractivity contribution in [3.8, 4) is 44.5 Å². The molecule has 0 spiro atoms. The Morgan fingerprint density at radius 2 is 0.600 bits per heavy atom. The molecule has 0 fully saturated rings. The van der Waals surface area contributed by atoms with Gasteiger partial charge in [0.1, 0.15) is 0 Å². The smallest absolute Gasteiger partial charge is 0.246 e. The average molecular weight is 636 g/mol. The fourth-order valence-electron chi connectivity index (χ4n) is 7.55. The molecule has 2 heteroatoms. The summed E-state index contributed by atoms with van der Waals surface area (Å²) >= 11 is 0. The van der Waals surface area contributed by atoms with E-state index in [1.807, 2.05) is 0 Å². The number of para-hydroxylation sites is 2. The lowest BCUT2D eigenvalue weighted by molar-refractivity contribution is 1.29. The Labute approximate surface area is 294 Å². The normalized spacial score (nSPS) is 11.9. The maximum Gasteiger partial charge on any atom is 0.246 e. The number of hydrogen-bond acceptors (Lipinski definition) is 1. The molecule has 8 aromatic carbocycles. The van der Waals surface area contributed by atoms with Gasteiger partial charge in [-0.15, -0.1) is 0 Å². The molecule has 1 nitrogen and oxygen atoms in total. The first-order chi connectivity index (χ1) is 24.8. The van der Waals surface area contributed by atoms with Crippen LogP contribution >= 0.6 is 0 Å². The second-order valence-corrected chi connectivity index (χ2v) is 13.0. The van der Waals surface area contributed by atoms with Crippen molar-refractivity contribution in [2.45, 2.75) is 0 Å². The maximum atomic E-state index is 2.47. The van der Waals surface area contributed by atoms with Crippen molar-refractivity contribution in [3.63, 3.8) is 0 Å². The number of benzene rings is 8. The van der Waals surface area contributed by atoms with Gasteiger partial charge in [0.05, 0.1) is 0 Å². The van der Waals surface area contributed by atoms with E-state index in [4.69, 9.17) is 0 Å². The first-order valence-corrected chi connectivity index (χ1v) is 17.3. The molecular weight excluding hydrogens is 601 g/mol. The largest absolute Gasteiger partial charge is 0.311 e.